The van der Waals surface area contributed by atoms with Gasteiger partial charge in [0.05, 0.1) is 0 Å². The molecular weight excluding hydrogens is 189 g/mol. The topological polar surface area (TPSA) is 12.0 Å². The molecule has 1 aliphatic heterocycles. The highest BCUT2D eigenvalue weighted by atomic mass is 19.1. The van der Waals surface area contributed by atoms with Gasteiger partial charge >= 0.3 is 0 Å². The van der Waals surface area contributed by atoms with Gasteiger partial charge in [-0.15, -0.1) is 0 Å². The van der Waals surface area contributed by atoms with Crippen molar-refractivity contribution in [2.24, 2.45) is 11.8 Å². The minimum atomic E-state index is -0.0864. The third-order valence-electron chi connectivity index (χ3n) is 3.51. The normalized spacial score (nSPS) is 29.0. The molecule has 2 unspecified atom stereocenters. The van der Waals surface area contributed by atoms with Gasteiger partial charge in [0, 0.05) is 12.1 Å². The Morgan fingerprint density at radius 3 is 2.87 bits per heavy atom. The first-order valence-electron chi connectivity index (χ1n) is 5.51. The first kappa shape index (κ1) is 9.10. The van der Waals surface area contributed by atoms with Crippen LogP contribution in [0.15, 0.2) is 30.3 Å². The van der Waals surface area contributed by atoms with Gasteiger partial charge < -0.3 is 5.32 Å². The van der Waals surface area contributed by atoms with Gasteiger partial charge in [-0.05, 0) is 36.4 Å². The average Bonchev–Trinajstić information content (AvgIpc) is 2.77. The summed E-state index contributed by atoms with van der Waals surface area (Å²) < 4.78 is 13.6. The van der Waals surface area contributed by atoms with Gasteiger partial charge in [0.1, 0.15) is 5.82 Å². The molecule has 2 aliphatic rings. The fraction of sp³-hybridized carbons (Fsp3) is 0.385. The van der Waals surface area contributed by atoms with Crippen LogP contribution in [-0.2, 0) is 0 Å². The summed E-state index contributed by atoms with van der Waals surface area (Å²) in [5, 5.41) is 3.37. The van der Waals surface area contributed by atoms with Crippen LogP contribution in [0.2, 0.25) is 0 Å². The summed E-state index contributed by atoms with van der Waals surface area (Å²) in [6.07, 6.45) is 3.28. The maximum absolute atomic E-state index is 13.6. The van der Waals surface area contributed by atoms with E-state index in [2.05, 4.69) is 11.4 Å². The second-order valence-electron chi connectivity index (χ2n) is 4.46. The molecule has 1 fully saturated rings. The zero-order chi connectivity index (χ0) is 10.3. The molecule has 78 valence electrons. The van der Waals surface area contributed by atoms with E-state index >= 15 is 0 Å². The van der Waals surface area contributed by atoms with Gasteiger partial charge in [-0.1, -0.05) is 24.3 Å². The standard InChI is InChI=1S/C13H14FN/c14-13-4-2-1-3-12(13)9-5-10-7-15-8-11(10)6-9/h1-5,10-11,15H,6-8H2. The first-order chi connectivity index (χ1) is 7.34. The molecule has 0 spiro atoms. The van der Waals surface area contributed by atoms with E-state index in [4.69, 9.17) is 0 Å². The van der Waals surface area contributed by atoms with E-state index in [0.29, 0.717) is 11.8 Å². The lowest BCUT2D eigenvalue weighted by Crippen LogP contribution is -2.09. The lowest BCUT2D eigenvalue weighted by molar-refractivity contribution is 0.535. The minimum absolute atomic E-state index is 0.0864. The van der Waals surface area contributed by atoms with Crippen LogP contribution < -0.4 is 5.32 Å². The monoisotopic (exact) mass is 203 g/mol. The van der Waals surface area contributed by atoms with Crippen LogP contribution in [-0.4, -0.2) is 13.1 Å². The van der Waals surface area contributed by atoms with Crippen molar-refractivity contribution in [3.8, 4) is 0 Å². The van der Waals surface area contributed by atoms with Gasteiger partial charge in [-0.2, -0.15) is 0 Å². The van der Waals surface area contributed by atoms with Crippen LogP contribution in [0.1, 0.15) is 12.0 Å². The first-order valence-corrected chi connectivity index (χ1v) is 5.51. The Kier molecular flexibility index (Phi) is 2.10. The fourth-order valence-corrected chi connectivity index (χ4v) is 2.70. The Morgan fingerprint density at radius 1 is 1.20 bits per heavy atom. The Balaban J connectivity index is 1.93. The summed E-state index contributed by atoms with van der Waals surface area (Å²) in [4.78, 5) is 0. The van der Waals surface area contributed by atoms with Crippen molar-refractivity contribution in [2.75, 3.05) is 13.1 Å². The summed E-state index contributed by atoms with van der Waals surface area (Å²) >= 11 is 0. The molecule has 15 heavy (non-hydrogen) atoms. The Labute approximate surface area is 89.0 Å². The van der Waals surface area contributed by atoms with E-state index in [1.165, 1.54) is 5.57 Å². The highest BCUT2D eigenvalue weighted by molar-refractivity contribution is 5.68. The zero-order valence-corrected chi connectivity index (χ0v) is 8.54. The van der Waals surface area contributed by atoms with Crippen LogP contribution >= 0.6 is 0 Å². The molecule has 2 heteroatoms. The van der Waals surface area contributed by atoms with Crippen LogP contribution in [0, 0.1) is 17.7 Å². The second kappa shape index (κ2) is 3.46. The molecule has 3 rings (SSSR count). The predicted octanol–water partition coefficient (Wildman–Crippen LogP) is 2.45. The van der Waals surface area contributed by atoms with Gasteiger partial charge in [0.15, 0.2) is 0 Å². The molecule has 2 atom stereocenters. The largest absolute Gasteiger partial charge is 0.316 e. The SMILES string of the molecule is Fc1ccccc1C1=CC2CNCC2C1. The lowest BCUT2D eigenvalue weighted by Gasteiger charge is -2.07. The van der Waals surface area contributed by atoms with E-state index in [9.17, 15) is 4.39 Å². The van der Waals surface area contributed by atoms with E-state index in [1.54, 1.807) is 12.1 Å². The van der Waals surface area contributed by atoms with Crippen molar-refractivity contribution in [1.29, 1.82) is 0 Å². The fourth-order valence-electron chi connectivity index (χ4n) is 2.70. The maximum Gasteiger partial charge on any atom is 0.130 e. The van der Waals surface area contributed by atoms with Gasteiger partial charge in [0.2, 0.25) is 0 Å². The van der Waals surface area contributed by atoms with E-state index in [1.807, 2.05) is 12.1 Å². The van der Waals surface area contributed by atoms with E-state index < -0.39 is 0 Å². The number of hydrogen-bond donors (Lipinski definition) is 1. The molecule has 1 aromatic rings. The number of halogens is 1. The molecule has 0 radical (unpaired) electrons. The quantitative estimate of drug-likeness (QED) is 0.739. The minimum Gasteiger partial charge on any atom is -0.316 e. The summed E-state index contributed by atoms with van der Waals surface area (Å²) in [5.74, 6) is 1.23. The van der Waals surface area contributed by atoms with E-state index in [-0.39, 0.29) is 5.82 Å². The zero-order valence-electron chi connectivity index (χ0n) is 8.54. The number of allylic oxidation sites excluding steroid dienone is 1. The smallest absolute Gasteiger partial charge is 0.130 e. The van der Waals surface area contributed by atoms with Crippen LogP contribution in [0.5, 0.6) is 0 Å². The highest BCUT2D eigenvalue weighted by Gasteiger charge is 2.32. The summed E-state index contributed by atoms with van der Waals surface area (Å²) in [5.41, 5.74) is 2.00. The number of fused-ring (bicyclic) bond motifs is 1. The molecule has 0 saturated carbocycles. The Hall–Kier alpha value is -1.15. The van der Waals surface area contributed by atoms with Crippen molar-refractivity contribution >= 4 is 5.57 Å². The Bertz CT molecular complexity index is 411. The number of nitrogens with one attached hydrogen (secondary N) is 1. The predicted molar refractivity (Wildman–Crippen MR) is 58.8 cm³/mol. The molecule has 1 aliphatic carbocycles. The molecule has 0 bridgehead atoms. The molecule has 0 aromatic heterocycles. The molecule has 0 amide bonds. The van der Waals surface area contributed by atoms with Crippen LogP contribution in [0.3, 0.4) is 0 Å². The van der Waals surface area contributed by atoms with E-state index in [0.717, 1.165) is 25.1 Å². The maximum atomic E-state index is 13.6. The molecule has 1 heterocycles. The van der Waals surface area contributed by atoms with Crippen LogP contribution in [0.4, 0.5) is 4.39 Å². The van der Waals surface area contributed by atoms with Crippen molar-refractivity contribution in [1.82, 2.24) is 5.32 Å². The van der Waals surface area contributed by atoms with Crippen molar-refractivity contribution in [3.05, 3.63) is 41.7 Å². The average molecular weight is 203 g/mol. The molecule has 1 saturated heterocycles. The number of benzene rings is 1. The lowest BCUT2D eigenvalue weighted by atomic mass is 9.98. The summed E-state index contributed by atoms with van der Waals surface area (Å²) in [6.45, 7) is 2.14. The highest BCUT2D eigenvalue weighted by Crippen LogP contribution is 2.38. The van der Waals surface area contributed by atoms with Crippen LogP contribution in [0.25, 0.3) is 5.57 Å². The third kappa shape index (κ3) is 1.49. The molecule has 1 aromatic carbocycles. The molecule has 1 N–H and O–H groups in total. The number of hydrogen-bond acceptors (Lipinski definition) is 1. The van der Waals surface area contributed by atoms with Crippen molar-refractivity contribution in [2.45, 2.75) is 6.42 Å². The molecular formula is C13H14FN. The van der Waals surface area contributed by atoms with Gasteiger partial charge in [0.25, 0.3) is 0 Å². The summed E-state index contributed by atoms with van der Waals surface area (Å²) in [6, 6.07) is 7.08. The van der Waals surface area contributed by atoms with Gasteiger partial charge in [-0.25, -0.2) is 4.39 Å². The van der Waals surface area contributed by atoms with Gasteiger partial charge in [-0.3, -0.25) is 0 Å². The van der Waals surface area contributed by atoms with Crippen molar-refractivity contribution in [3.63, 3.8) is 0 Å². The molecule has 1 nitrogen and oxygen atoms in total. The second-order valence-corrected chi connectivity index (χ2v) is 4.46. The number of rotatable bonds is 1. The third-order valence-corrected chi connectivity index (χ3v) is 3.51. The van der Waals surface area contributed by atoms with Crippen molar-refractivity contribution < 1.29 is 4.39 Å². The summed E-state index contributed by atoms with van der Waals surface area (Å²) in [7, 11) is 0. The Morgan fingerprint density at radius 2 is 2.07 bits per heavy atom.